The van der Waals surface area contributed by atoms with Crippen molar-refractivity contribution in [2.45, 2.75) is 12.7 Å². The van der Waals surface area contributed by atoms with E-state index in [0.29, 0.717) is 55.2 Å². The maximum atomic E-state index is 13.6. The smallest absolute Gasteiger partial charge is 0.375 e. The fraction of sp³-hybridized carbons (Fsp3) is 0.286. The molecule has 3 heterocycles. The molecule has 0 aliphatic carbocycles. The Balaban J connectivity index is 1.52. The first-order valence-corrected chi connectivity index (χ1v) is 12.2. The molecule has 198 valence electrons. The Hall–Kier alpha value is -3.76. The molecule has 1 aliphatic heterocycles. The minimum atomic E-state index is -4.44. The van der Waals surface area contributed by atoms with Crippen molar-refractivity contribution >= 4 is 11.6 Å². The van der Waals surface area contributed by atoms with E-state index in [1.807, 2.05) is 4.40 Å². The number of carbonyl (C=O) groups excluding carboxylic acids is 1. The second kappa shape index (κ2) is 10.5. The molecule has 1 saturated heterocycles. The van der Waals surface area contributed by atoms with Crippen LogP contribution in [0.15, 0.2) is 66.9 Å². The van der Waals surface area contributed by atoms with Gasteiger partial charge in [0.15, 0.2) is 0 Å². The van der Waals surface area contributed by atoms with Crippen LogP contribution in [0.5, 0.6) is 0 Å². The first kappa shape index (κ1) is 25.9. The van der Waals surface area contributed by atoms with Gasteiger partial charge in [-0.05, 0) is 59.7 Å². The Morgan fingerprint density at radius 2 is 1.66 bits per heavy atom. The molecule has 0 N–H and O–H groups in total. The highest BCUT2D eigenvalue weighted by Gasteiger charge is 2.30. The molecular weight excluding hydrogens is 500 g/mol. The van der Waals surface area contributed by atoms with E-state index in [1.165, 1.54) is 25.3 Å². The molecule has 2 aromatic carbocycles. The highest BCUT2D eigenvalue weighted by Crippen LogP contribution is 2.33. The number of carbonyl (C=O) groups is 1. The quantitative estimate of drug-likeness (QED) is 0.328. The highest BCUT2D eigenvalue weighted by molar-refractivity contribution is 5.77. The van der Waals surface area contributed by atoms with E-state index in [9.17, 15) is 22.4 Å². The van der Waals surface area contributed by atoms with E-state index >= 15 is 0 Å². The predicted molar refractivity (Wildman–Crippen MR) is 135 cm³/mol. The molecule has 4 aromatic rings. The molecule has 1 aliphatic rings. The van der Waals surface area contributed by atoms with Gasteiger partial charge in [-0.15, -0.1) is 0 Å². The number of hydrogen-bond donors (Lipinski definition) is 0. The second-order valence-corrected chi connectivity index (χ2v) is 9.23. The Labute approximate surface area is 217 Å². The Morgan fingerprint density at radius 1 is 0.947 bits per heavy atom. The number of fused-ring (bicyclic) bond motifs is 1. The summed E-state index contributed by atoms with van der Waals surface area (Å²) in [5.74, 6) is -0.414. The lowest BCUT2D eigenvalue weighted by Gasteiger charge is -2.34. The Kier molecular flexibility index (Phi) is 7.18. The zero-order valence-electron chi connectivity index (χ0n) is 20.7. The van der Waals surface area contributed by atoms with Gasteiger partial charge in [0.1, 0.15) is 18.1 Å². The van der Waals surface area contributed by atoms with Gasteiger partial charge in [-0.1, -0.05) is 12.1 Å². The third kappa shape index (κ3) is 5.41. The van der Waals surface area contributed by atoms with Gasteiger partial charge in [0.25, 0.3) is 0 Å². The number of pyridine rings is 1. The molecule has 6 nitrogen and oxygen atoms in total. The number of piperazine rings is 1. The Bertz CT molecular complexity index is 1440. The molecule has 2 aromatic heterocycles. The largest absolute Gasteiger partial charge is 0.416 e. The average Bonchev–Trinajstić information content (AvgIpc) is 3.26. The van der Waals surface area contributed by atoms with Crippen molar-refractivity contribution in [2.24, 2.45) is 0 Å². The maximum absolute atomic E-state index is 13.6. The molecule has 0 saturated carbocycles. The van der Waals surface area contributed by atoms with Crippen molar-refractivity contribution in [1.29, 1.82) is 0 Å². The number of rotatable bonds is 6. The average molecular weight is 527 g/mol. The van der Waals surface area contributed by atoms with Crippen molar-refractivity contribution in [3.8, 4) is 22.4 Å². The van der Waals surface area contributed by atoms with Gasteiger partial charge in [0.2, 0.25) is 5.91 Å². The van der Waals surface area contributed by atoms with E-state index < -0.39 is 11.7 Å². The number of hydrogen-bond acceptors (Lipinski definition) is 4. The number of aromatic nitrogens is 2. The van der Waals surface area contributed by atoms with Gasteiger partial charge >= 0.3 is 6.18 Å². The van der Waals surface area contributed by atoms with Crippen LogP contribution in [0.25, 0.3) is 28.0 Å². The maximum Gasteiger partial charge on any atom is 0.416 e. The lowest BCUT2D eigenvalue weighted by Crippen LogP contribution is -2.49. The first-order chi connectivity index (χ1) is 18.2. The van der Waals surface area contributed by atoms with Crippen LogP contribution in [-0.2, 0) is 22.3 Å². The van der Waals surface area contributed by atoms with Gasteiger partial charge in [-0.3, -0.25) is 9.69 Å². The zero-order chi connectivity index (χ0) is 26.9. The highest BCUT2D eigenvalue weighted by atomic mass is 19.4. The number of imidazole rings is 1. The summed E-state index contributed by atoms with van der Waals surface area (Å²) in [6.07, 6.45) is -2.65. The van der Waals surface area contributed by atoms with Crippen molar-refractivity contribution in [2.75, 3.05) is 39.9 Å². The number of benzene rings is 2. The zero-order valence-corrected chi connectivity index (χ0v) is 20.7. The summed E-state index contributed by atoms with van der Waals surface area (Å²) in [6, 6.07) is 14.8. The van der Waals surface area contributed by atoms with Crippen molar-refractivity contribution in [3.05, 3.63) is 83.9 Å². The Morgan fingerprint density at radius 3 is 2.34 bits per heavy atom. The summed E-state index contributed by atoms with van der Waals surface area (Å²) in [6.45, 7) is 2.92. The normalized spacial score (nSPS) is 14.8. The first-order valence-electron chi connectivity index (χ1n) is 12.2. The second-order valence-electron chi connectivity index (χ2n) is 9.23. The summed E-state index contributed by atoms with van der Waals surface area (Å²) >= 11 is 0. The summed E-state index contributed by atoms with van der Waals surface area (Å²) in [5, 5.41) is 0. The van der Waals surface area contributed by atoms with Crippen LogP contribution in [0.2, 0.25) is 0 Å². The molecule has 5 rings (SSSR count). The molecule has 0 atom stereocenters. The van der Waals surface area contributed by atoms with E-state index in [0.717, 1.165) is 23.4 Å². The minimum absolute atomic E-state index is 0.0420. The van der Waals surface area contributed by atoms with Crippen LogP contribution in [0.4, 0.5) is 17.6 Å². The molecule has 0 radical (unpaired) electrons. The summed E-state index contributed by atoms with van der Waals surface area (Å²) < 4.78 is 60.4. The summed E-state index contributed by atoms with van der Waals surface area (Å²) in [7, 11) is 1.49. The van der Waals surface area contributed by atoms with E-state index in [1.54, 1.807) is 41.4 Å². The number of nitrogens with zero attached hydrogens (tertiary/aromatic N) is 4. The lowest BCUT2D eigenvalue weighted by atomic mass is 10.0. The monoisotopic (exact) mass is 526 g/mol. The molecule has 1 fully saturated rings. The number of alkyl halides is 3. The van der Waals surface area contributed by atoms with Crippen LogP contribution < -0.4 is 0 Å². The summed E-state index contributed by atoms with van der Waals surface area (Å²) in [4.78, 5) is 20.9. The van der Waals surface area contributed by atoms with E-state index in [2.05, 4.69) is 4.90 Å². The van der Waals surface area contributed by atoms with Crippen LogP contribution in [-0.4, -0.2) is 65.0 Å². The molecule has 10 heteroatoms. The molecule has 0 spiro atoms. The number of methoxy groups -OCH3 is 1. The van der Waals surface area contributed by atoms with Gasteiger partial charge < -0.3 is 14.0 Å². The summed E-state index contributed by atoms with van der Waals surface area (Å²) in [5.41, 5.74) is 3.21. The number of ether oxygens (including phenoxy) is 1. The topological polar surface area (TPSA) is 50.1 Å². The van der Waals surface area contributed by atoms with Crippen molar-refractivity contribution < 1.29 is 27.1 Å². The number of halogens is 4. The fourth-order valence-electron chi connectivity index (χ4n) is 4.71. The number of amides is 1. The van der Waals surface area contributed by atoms with E-state index in [-0.39, 0.29) is 18.3 Å². The van der Waals surface area contributed by atoms with Gasteiger partial charge in [0, 0.05) is 51.6 Å². The van der Waals surface area contributed by atoms with E-state index in [4.69, 9.17) is 9.72 Å². The molecule has 38 heavy (non-hydrogen) atoms. The third-order valence-corrected chi connectivity index (χ3v) is 6.72. The molecular formula is C28H26F4N4O2. The molecule has 0 bridgehead atoms. The van der Waals surface area contributed by atoms with Crippen molar-refractivity contribution in [3.63, 3.8) is 0 Å². The van der Waals surface area contributed by atoms with Crippen LogP contribution in [0.3, 0.4) is 0 Å². The van der Waals surface area contributed by atoms with Gasteiger partial charge in [0.05, 0.1) is 17.0 Å². The standard InChI is InChI=1S/C28H26F4N4O2/c1-38-18-26(37)35-13-11-34(12-14-35)17-24-27(19-5-8-23(29)9-6-19)33-25-10-7-21(16-36(24)25)20-3-2-4-22(15-20)28(30,31)32/h2-10,15-16H,11-14,17-18H2,1H3. The van der Waals surface area contributed by atoms with Crippen LogP contribution >= 0.6 is 0 Å². The van der Waals surface area contributed by atoms with Crippen LogP contribution in [0.1, 0.15) is 11.3 Å². The van der Waals surface area contributed by atoms with Crippen LogP contribution in [0, 0.1) is 5.82 Å². The fourth-order valence-corrected chi connectivity index (χ4v) is 4.71. The SMILES string of the molecule is COCC(=O)N1CCN(Cc2c(-c3ccc(F)cc3)nc3ccc(-c4cccc(C(F)(F)F)c4)cn23)CC1. The third-order valence-electron chi connectivity index (χ3n) is 6.72. The van der Waals surface area contributed by atoms with Gasteiger partial charge in [-0.25, -0.2) is 9.37 Å². The minimum Gasteiger partial charge on any atom is -0.375 e. The van der Waals surface area contributed by atoms with Crippen molar-refractivity contribution in [1.82, 2.24) is 19.2 Å². The van der Waals surface area contributed by atoms with Gasteiger partial charge in [-0.2, -0.15) is 13.2 Å². The predicted octanol–water partition coefficient (Wildman–Crippen LogP) is 5.12. The molecule has 0 unspecified atom stereocenters. The lowest BCUT2D eigenvalue weighted by molar-refractivity contribution is -0.138. The molecule has 1 amide bonds.